The molecule has 0 saturated carbocycles. The highest BCUT2D eigenvalue weighted by molar-refractivity contribution is 7.11. The van der Waals surface area contributed by atoms with E-state index in [-0.39, 0.29) is 10.8 Å². The van der Waals surface area contributed by atoms with Crippen LogP contribution in [0.1, 0.15) is 18.2 Å². The van der Waals surface area contributed by atoms with Crippen LogP contribution in [0.4, 0.5) is 5.69 Å². The predicted molar refractivity (Wildman–Crippen MR) is 74.2 cm³/mol. The number of rotatable bonds is 4. The van der Waals surface area contributed by atoms with Gasteiger partial charge in [-0.15, -0.1) is 0 Å². The van der Waals surface area contributed by atoms with Gasteiger partial charge in [-0.25, -0.2) is 0 Å². The first-order valence-electron chi connectivity index (χ1n) is 5.74. The molecule has 1 heterocycles. The molecule has 0 bridgehead atoms. The number of aliphatic imine (C=N–C) groups is 1. The lowest BCUT2D eigenvalue weighted by Crippen LogP contribution is -2.11. The molecule has 0 radical (unpaired) electrons. The summed E-state index contributed by atoms with van der Waals surface area (Å²) in [5.41, 5.74) is 0.791. The van der Waals surface area contributed by atoms with E-state index in [1.165, 1.54) is 10.8 Å². The largest absolute Gasteiger partial charge is 0.493 e. The smallest absolute Gasteiger partial charge is 0.310 e. The van der Waals surface area contributed by atoms with Crippen LogP contribution in [0.3, 0.4) is 0 Å². The van der Waals surface area contributed by atoms with E-state index in [1.54, 1.807) is 0 Å². The summed E-state index contributed by atoms with van der Waals surface area (Å²) in [6, 6.07) is 9.40. The first-order valence-corrected chi connectivity index (χ1v) is 6.55. The maximum Gasteiger partial charge on any atom is 0.310 e. The summed E-state index contributed by atoms with van der Waals surface area (Å²) in [5, 5.41) is 9.90. The van der Waals surface area contributed by atoms with Crippen LogP contribution in [0.25, 0.3) is 0 Å². The highest BCUT2D eigenvalue weighted by atomic mass is 32.1. The Morgan fingerprint density at radius 1 is 1.39 bits per heavy atom. The predicted octanol–water partition coefficient (Wildman–Crippen LogP) is 2.78. The van der Waals surface area contributed by atoms with E-state index in [2.05, 4.69) is 4.99 Å². The minimum Gasteiger partial charge on any atom is -0.493 e. The Morgan fingerprint density at radius 2 is 2.11 bits per heavy atom. The fourth-order valence-electron chi connectivity index (χ4n) is 1.57. The van der Waals surface area contributed by atoms with E-state index < -0.39 is 0 Å². The van der Waals surface area contributed by atoms with Crippen molar-refractivity contribution in [3.63, 3.8) is 0 Å². The molecule has 94 valence electrons. The van der Waals surface area contributed by atoms with Crippen LogP contribution in [0, 0.1) is 0 Å². The minimum atomic E-state index is -0.149. The SMILES string of the molecule is CCCn1c(O)c(C=Nc2ccccc2)sc1=O. The summed E-state index contributed by atoms with van der Waals surface area (Å²) in [5.74, 6) is 0.00605. The van der Waals surface area contributed by atoms with Gasteiger partial charge in [-0.3, -0.25) is 14.4 Å². The number of aromatic hydroxyl groups is 1. The summed E-state index contributed by atoms with van der Waals surface area (Å²) in [6.07, 6.45) is 2.34. The number of hydrogen-bond acceptors (Lipinski definition) is 4. The Hall–Kier alpha value is -1.88. The molecular weight excluding hydrogens is 248 g/mol. The highest BCUT2D eigenvalue weighted by Gasteiger charge is 2.11. The third kappa shape index (κ3) is 2.68. The Morgan fingerprint density at radius 3 is 2.78 bits per heavy atom. The molecule has 0 amide bonds. The molecule has 2 aromatic rings. The van der Waals surface area contributed by atoms with Gasteiger partial charge in [0, 0.05) is 6.54 Å². The average molecular weight is 262 g/mol. The standard InChI is InChI=1S/C13H14N2O2S/c1-2-8-15-12(16)11(18-13(15)17)9-14-10-6-4-3-5-7-10/h3-7,9,16H,2,8H2,1H3. The zero-order valence-corrected chi connectivity index (χ0v) is 10.9. The number of hydrogen-bond donors (Lipinski definition) is 1. The number of benzene rings is 1. The average Bonchev–Trinajstić information content (AvgIpc) is 2.66. The van der Waals surface area contributed by atoms with Gasteiger partial charge in [0.2, 0.25) is 5.88 Å². The summed E-state index contributed by atoms with van der Waals surface area (Å²) in [7, 11) is 0. The molecule has 1 aromatic carbocycles. The molecule has 0 unspecified atom stereocenters. The lowest BCUT2D eigenvalue weighted by Gasteiger charge is -1.99. The van der Waals surface area contributed by atoms with E-state index in [4.69, 9.17) is 0 Å². The van der Waals surface area contributed by atoms with Crippen LogP contribution in [0.5, 0.6) is 5.88 Å². The van der Waals surface area contributed by atoms with Gasteiger partial charge < -0.3 is 5.11 Å². The molecule has 2 rings (SSSR count). The molecule has 0 aliphatic heterocycles. The van der Waals surface area contributed by atoms with Crippen molar-refractivity contribution in [2.45, 2.75) is 19.9 Å². The van der Waals surface area contributed by atoms with Gasteiger partial charge in [0.15, 0.2) is 0 Å². The maximum atomic E-state index is 11.6. The van der Waals surface area contributed by atoms with Gasteiger partial charge in [-0.1, -0.05) is 36.5 Å². The molecule has 1 aromatic heterocycles. The van der Waals surface area contributed by atoms with Crippen molar-refractivity contribution in [1.29, 1.82) is 0 Å². The maximum absolute atomic E-state index is 11.6. The van der Waals surface area contributed by atoms with E-state index in [0.717, 1.165) is 23.4 Å². The molecule has 1 N–H and O–H groups in total. The van der Waals surface area contributed by atoms with Crippen LogP contribution in [-0.2, 0) is 6.54 Å². The van der Waals surface area contributed by atoms with Gasteiger partial charge in [-0.05, 0) is 18.6 Å². The number of thiazole rings is 1. The minimum absolute atomic E-state index is 0.00605. The van der Waals surface area contributed by atoms with Crippen LogP contribution >= 0.6 is 11.3 Å². The summed E-state index contributed by atoms with van der Waals surface area (Å²) in [6.45, 7) is 2.49. The molecule has 5 heteroatoms. The van der Waals surface area contributed by atoms with Crippen molar-refractivity contribution in [2.24, 2.45) is 4.99 Å². The van der Waals surface area contributed by atoms with E-state index >= 15 is 0 Å². The highest BCUT2D eigenvalue weighted by Crippen LogP contribution is 2.19. The second kappa shape index (κ2) is 5.64. The monoisotopic (exact) mass is 262 g/mol. The molecule has 0 aliphatic rings. The van der Waals surface area contributed by atoms with Crippen molar-refractivity contribution in [3.05, 3.63) is 44.9 Å². The normalized spacial score (nSPS) is 11.2. The Balaban J connectivity index is 2.28. The third-order valence-corrected chi connectivity index (χ3v) is 3.33. The fourth-order valence-corrected chi connectivity index (χ4v) is 2.35. The number of aromatic nitrogens is 1. The first kappa shape index (κ1) is 12.6. The van der Waals surface area contributed by atoms with E-state index in [1.807, 2.05) is 37.3 Å². The van der Waals surface area contributed by atoms with Crippen LogP contribution in [0.2, 0.25) is 0 Å². The molecule has 4 nitrogen and oxygen atoms in total. The van der Waals surface area contributed by atoms with Crippen molar-refractivity contribution in [2.75, 3.05) is 0 Å². The van der Waals surface area contributed by atoms with Crippen LogP contribution in [0.15, 0.2) is 40.1 Å². The Kier molecular flexibility index (Phi) is 3.94. The van der Waals surface area contributed by atoms with E-state index in [0.29, 0.717) is 11.4 Å². The molecular formula is C13H14N2O2S. The van der Waals surface area contributed by atoms with E-state index in [9.17, 15) is 9.90 Å². The van der Waals surface area contributed by atoms with Gasteiger partial charge in [0.25, 0.3) is 0 Å². The third-order valence-electron chi connectivity index (χ3n) is 2.43. The summed E-state index contributed by atoms with van der Waals surface area (Å²) >= 11 is 1.01. The van der Waals surface area contributed by atoms with Crippen molar-refractivity contribution < 1.29 is 5.11 Å². The molecule has 0 saturated heterocycles. The second-order valence-corrected chi connectivity index (χ2v) is 4.79. The number of para-hydroxylation sites is 1. The van der Waals surface area contributed by atoms with Gasteiger partial charge >= 0.3 is 4.87 Å². The Bertz CT molecular complexity index is 599. The van der Waals surface area contributed by atoms with Gasteiger partial charge in [0.1, 0.15) is 4.88 Å². The zero-order chi connectivity index (χ0) is 13.0. The molecule has 0 fully saturated rings. The Labute approximate surface area is 109 Å². The van der Waals surface area contributed by atoms with Crippen LogP contribution in [-0.4, -0.2) is 15.9 Å². The van der Waals surface area contributed by atoms with Crippen molar-refractivity contribution in [3.8, 4) is 5.88 Å². The molecule has 0 spiro atoms. The zero-order valence-electron chi connectivity index (χ0n) is 10.0. The number of nitrogens with zero attached hydrogens (tertiary/aromatic N) is 2. The van der Waals surface area contributed by atoms with Gasteiger partial charge in [-0.2, -0.15) is 0 Å². The first-order chi connectivity index (χ1) is 8.72. The summed E-state index contributed by atoms with van der Waals surface area (Å²) in [4.78, 5) is 16.2. The second-order valence-electron chi connectivity index (χ2n) is 3.80. The lowest BCUT2D eigenvalue weighted by molar-refractivity contribution is 0.411. The van der Waals surface area contributed by atoms with Gasteiger partial charge in [0.05, 0.1) is 11.9 Å². The van der Waals surface area contributed by atoms with Crippen molar-refractivity contribution >= 4 is 23.2 Å². The molecule has 0 aliphatic carbocycles. The fraction of sp³-hybridized carbons (Fsp3) is 0.231. The lowest BCUT2D eigenvalue weighted by atomic mass is 10.3. The topological polar surface area (TPSA) is 54.6 Å². The van der Waals surface area contributed by atoms with Crippen molar-refractivity contribution in [1.82, 2.24) is 4.57 Å². The molecule has 18 heavy (non-hydrogen) atoms. The quantitative estimate of drug-likeness (QED) is 0.861. The van der Waals surface area contributed by atoms with Crippen LogP contribution < -0.4 is 4.87 Å². The molecule has 0 atom stereocenters. The summed E-state index contributed by atoms with van der Waals surface area (Å²) < 4.78 is 1.37.